The van der Waals surface area contributed by atoms with Gasteiger partial charge in [0, 0.05) is 32.2 Å². The van der Waals surface area contributed by atoms with E-state index in [1.54, 1.807) is 37.2 Å². The van der Waals surface area contributed by atoms with Gasteiger partial charge in [-0.1, -0.05) is 23.2 Å². The van der Waals surface area contributed by atoms with Crippen molar-refractivity contribution in [2.24, 2.45) is 0 Å². The lowest BCUT2D eigenvalue weighted by atomic mass is 10.2. The Morgan fingerprint density at radius 2 is 1.89 bits per heavy atom. The molecule has 0 saturated carbocycles. The first-order valence-corrected chi connectivity index (χ1v) is 6.76. The van der Waals surface area contributed by atoms with Crippen molar-refractivity contribution in [1.82, 2.24) is 4.90 Å². The number of amides is 2. The fraction of sp³-hybridized carbons (Fsp3) is 0.417. The molecule has 6 heteroatoms. The minimum atomic E-state index is -0.112. The average Bonchev–Trinajstić information content (AvgIpc) is 2.33. The van der Waals surface area contributed by atoms with Gasteiger partial charge in [-0.25, -0.2) is 4.79 Å². The zero-order valence-electron chi connectivity index (χ0n) is 10.3. The second-order valence-electron chi connectivity index (χ2n) is 3.97. The van der Waals surface area contributed by atoms with E-state index in [1.165, 1.54) is 4.90 Å². The molecule has 0 aliphatic heterocycles. The van der Waals surface area contributed by atoms with Gasteiger partial charge in [-0.15, -0.1) is 11.6 Å². The highest BCUT2D eigenvalue weighted by Gasteiger charge is 2.17. The molecule has 0 spiro atoms. The predicted octanol–water partition coefficient (Wildman–Crippen LogP) is 4.11. The van der Waals surface area contributed by atoms with Crippen molar-refractivity contribution < 1.29 is 4.79 Å². The monoisotopic (exact) mass is 308 g/mol. The molecule has 0 aliphatic rings. The number of anilines is 1. The Balaban J connectivity index is 3.01. The van der Waals surface area contributed by atoms with Crippen LogP contribution in [0.5, 0.6) is 0 Å². The number of urea groups is 1. The summed E-state index contributed by atoms with van der Waals surface area (Å²) in [6.07, 6.45) is 0.710. The van der Waals surface area contributed by atoms with Gasteiger partial charge >= 0.3 is 6.03 Å². The molecule has 2 amide bonds. The summed E-state index contributed by atoms with van der Waals surface area (Å²) in [5.41, 5.74) is 0.716. The Labute approximate surface area is 122 Å². The fourth-order valence-corrected chi connectivity index (χ4v) is 1.86. The fourth-order valence-electron chi connectivity index (χ4n) is 1.45. The highest BCUT2D eigenvalue weighted by molar-refractivity contribution is 6.42. The largest absolute Gasteiger partial charge is 0.330 e. The summed E-state index contributed by atoms with van der Waals surface area (Å²) in [5.74, 6) is 0.499. The van der Waals surface area contributed by atoms with Crippen molar-refractivity contribution in [3.8, 4) is 0 Å². The quantitative estimate of drug-likeness (QED) is 0.768. The third kappa shape index (κ3) is 3.94. The van der Waals surface area contributed by atoms with Crippen LogP contribution >= 0.6 is 34.8 Å². The molecule has 1 rings (SSSR count). The molecule has 0 aliphatic carbocycles. The Bertz CT molecular complexity index is 424. The molecular formula is C12H15Cl3N2O. The van der Waals surface area contributed by atoms with Crippen LogP contribution in [0.15, 0.2) is 18.2 Å². The average molecular weight is 310 g/mol. The summed E-state index contributed by atoms with van der Waals surface area (Å²) >= 11 is 17.5. The maximum atomic E-state index is 12.1. The molecule has 0 bridgehead atoms. The normalized spacial score (nSPS) is 10.3. The summed E-state index contributed by atoms with van der Waals surface area (Å²) < 4.78 is 0. The first kappa shape index (κ1) is 15.4. The SMILES string of the molecule is CN(C)C(=O)N(CCCCl)c1ccc(Cl)c(Cl)c1. The number of carbonyl (C=O) groups is 1. The first-order chi connectivity index (χ1) is 8.47. The Hall–Kier alpha value is -0.640. The molecule has 18 heavy (non-hydrogen) atoms. The van der Waals surface area contributed by atoms with Crippen LogP contribution in [0.1, 0.15) is 6.42 Å². The summed E-state index contributed by atoms with van der Waals surface area (Å²) in [7, 11) is 3.40. The van der Waals surface area contributed by atoms with Gasteiger partial charge in [0.15, 0.2) is 0 Å². The van der Waals surface area contributed by atoms with E-state index >= 15 is 0 Å². The summed E-state index contributed by atoms with van der Waals surface area (Å²) in [6, 6.07) is 5.01. The topological polar surface area (TPSA) is 23.6 Å². The number of alkyl halides is 1. The zero-order chi connectivity index (χ0) is 13.7. The molecule has 0 heterocycles. The standard InChI is InChI=1S/C12H15Cl3N2O/c1-16(2)12(18)17(7-3-6-13)9-4-5-10(14)11(15)8-9/h4-5,8H,3,6-7H2,1-2H3. The lowest BCUT2D eigenvalue weighted by molar-refractivity contribution is 0.224. The molecule has 1 aromatic rings. The van der Waals surface area contributed by atoms with Gasteiger partial charge in [0.25, 0.3) is 0 Å². The second kappa shape index (κ2) is 7.07. The molecule has 0 saturated heterocycles. The molecule has 100 valence electrons. The minimum Gasteiger partial charge on any atom is -0.330 e. The number of carbonyl (C=O) groups excluding carboxylic acids is 1. The van der Waals surface area contributed by atoms with Gasteiger partial charge in [0.1, 0.15) is 0 Å². The number of rotatable bonds is 4. The van der Waals surface area contributed by atoms with Gasteiger partial charge in [-0.3, -0.25) is 4.90 Å². The number of benzene rings is 1. The highest BCUT2D eigenvalue weighted by Crippen LogP contribution is 2.27. The third-order valence-electron chi connectivity index (χ3n) is 2.34. The van der Waals surface area contributed by atoms with Gasteiger partial charge in [-0.05, 0) is 24.6 Å². The van der Waals surface area contributed by atoms with E-state index in [1.807, 2.05) is 0 Å². The number of nitrogens with zero attached hydrogens (tertiary/aromatic N) is 2. The van der Waals surface area contributed by atoms with Crippen LogP contribution in [0.2, 0.25) is 10.0 Å². The van der Waals surface area contributed by atoms with Gasteiger partial charge in [0.05, 0.1) is 10.0 Å². The van der Waals surface area contributed by atoms with Crippen molar-refractivity contribution >= 4 is 46.5 Å². The summed E-state index contributed by atoms with van der Waals surface area (Å²) in [6.45, 7) is 0.540. The van der Waals surface area contributed by atoms with Gasteiger partial charge < -0.3 is 4.90 Å². The van der Waals surface area contributed by atoms with Crippen molar-refractivity contribution in [1.29, 1.82) is 0 Å². The smallest absolute Gasteiger partial charge is 0.323 e. The highest BCUT2D eigenvalue weighted by atomic mass is 35.5. The number of hydrogen-bond acceptors (Lipinski definition) is 1. The molecular weight excluding hydrogens is 295 g/mol. The summed E-state index contributed by atoms with van der Waals surface area (Å²) in [4.78, 5) is 15.2. The Morgan fingerprint density at radius 3 is 2.39 bits per heavy atom. The van der Waals surface area contributed by atoms with E-state index < -0.39 is 0 Å². The predicted molar refractivity (Wildman–Crippen MR) is 78.2 cm³/mol. The maximum Gasteiger partial charge on any atom is 0.323 e. The maximum absolute atomic E-state index is 12.1. The Morgan fingerprint density at radius 1 is 1.22 bits per heavy atom. The van der Waals surface area contributed by atoms with Gasteiger partial charge in [0.2, 0.25) is 0 Å². The Kier molecular flexibility index (Phi) is 6.06. The molecule has 0 N–H and O–H groups in total. The van der Waals surface area contributed by atoms with E-state index in [-0.39, 0.29) is 6.03 Å². The van der Waals surface area contributed by atoms with E-state index in [0.717, 1.165) is 0 Å². The van der Waals surface area contributed by atoms with E-state index in [0.29, 0.717) is 34.6 Å². The van der Waals surface area contributed by atoms with Crippen LogP contribution in [0, 0.1) is 0 Å². The van der Waals surface area contributed by atoms with Crippen LogP contribution in [0.3, 0.4) is 0 Å². The van der Waals surface area contributed by atoms with Crippen LogP contribution in [-0.2, 0) is 0 Å². The van der Waals surface area contributed by atoms with E-state index in [4.69, 9.17) is 34.8 Å². The van der Waals surface area contributed by atoms with Gasteiger partial charge in [-0.2, -0.15) is 0 Å². The lowest BCUT2D eigenvalue weighted by Crippen LogP contribution is -2.40. The van der Waals surface area contributed by atoms with Crippen molar-refractivity contribution in [3.63, 3.8) is 0 Å². The zero-order valence-corrected chi connectivity index (χ0v) is 12.6. The number of hydrogen-bond donors (Lipinski definition) is 0. The molecule has 0 radical (unpaired) electrons. The van der Waals surface area contributed by atoms with E-state index in [9.17, 15) is 4.79 Å². The van der Waals surface area contributed by atoms with Crippen molar-refractivity contribution in [2.75, 3.05) is 31.4 Å². The first-order valence-electron chi connectivity index (χ1n) is 5.47. The number of halogens is 3. The van der Waals surface area contributed by atoms with Crippen molar-refractivity contribution in [3.05, 3.63) is 28.2 Å². The van der Waals surface area contributed by atoms with Crippen molar-refractivity contribution in [2.45, 2.75) is 6.42 Å². The molecule has 0 fully saturated rings. The van der Waals surface area contributed by atoms with Crippen LogP contribution < -0.4 is 4.90 Å². The molecule has 0 aromatic heterocycles. The third-order valence-corrected chi connectivity index (χ3v) is 3.35. The summed E-state index contributed by atoms with van der Waals surface area (Å²) in [5, 5.41) is 0.895. The minimum absolute atomic E-state index is 0.112. The molecule has 1 aromatic carbocycles. The van der Waals surface area contributed by atoms with E-state index in [2.05, 4.69) is 0 Å². The van der Waals surface area contributed by atoms with Crippen LogP contribution in [0.25, 0.3) is 0 Å². The van der Waals surface area contributed by atoms with Crippen LogP contribution in [-0.4, -0.2) is 37.5 Å². The van der Waals surface area contributed by atoms with Crippen LogP contribution in [0.4, 0.5) is 10.5 Å². The molecule has 0 atom stereocenters. The molecule has 0 unspecified atom stereocenters. The molecule has 3 nitrogen and oxygen atoms in total. The second-order valence-corrected chi connectivity index (χ2v) is 5.16. The lowest BCUT2D eigenvalue weighted by Gasteiger charge is -2.26.